The molecule has 2 rings (SSSR count). The summed E-state index contributed by atoms with van der Waals surface area (Å²) in [5, 5.41) is 0. The quantitative estimate of drug-likeness (QED) is 0.606. The van der Waals surface area contributed by atoms with Crippen LogP contribution in [0.15, 0.2) is 24.4 Å². The first-order valence-corrected chi connectivity index (χ1v) is 4.22. The predicted octanol–water partition coefficient (Wildman–Crippen LogP) is 1.02. The van der Waals surface area contributed by atoms with E-state index in [1.54, 1.807) is 0 Å². The average molecular weight is 174 g/mol. The van der Waals surface area contributed by atoms with E-state index in [4.69, 9.17) is 5.73 Å². The molecule has 0 fully saturated rings. The second-order valence-corrected chi connectivity index (χ2v) is 3.20. The largest absolute Gasteiger partial charge is 0.392 e. The van der Waals surface area contributed by atoms with Gasteiger partial charge in [0.25, 0.3) is 0 Å². The minimum Gasteiger partial charge on any atom is -0.392 e. The second kappa shape index (κ2) is 2.69. The lowest BCUT2D eigenvalue weighted by Gasteiger charge is -1.98. The first-order valence-electron chi connectivity index (χ1n) is 4.22. The van der Waals surface area contributed by atoms with E-state index in [-0.39, 0.29) is 0 Å². The molecule has 0 atom stereocenters. The third-order valence-corrected chi connectivity index (χ3v) is 2.08. The molecule has 0 aliphatic rings. The number of rotatable bonds is 0. The number of hydrogen-bond acceptors (Lipinski definition) is 2. The molecule has 3 heteroatoms. The van der Waals surface area contributed by atoms with Gasteiger partial charge in [-0.3, -0.25) is 0 Å². The molecule has 13 heavy (non-hydrogen) atoms. The van der Waals surface area contributed by atoms with Crippen LogP contribution in [-0.2, 0) is 0 Å². The number of aryl methyl sites for hydroxylation is 2. The fourth-order valence-corrected chi connectivity index (χ4v) is 1.49. The fraction of sp³-hybridized carbons (Fsp3) is 0.200. The minimum atomic E-state index is 0.717. The van der Waals surface area contributed by atoms with Crippen molar-refractivity contribution in [3.8, 4) is 0 Å². The zero-order valence-electron chi connectivity index (χ0n) is 7.78. The van der Waals surface area contributed by atoms with E-state index in [1.807, 2.05) is 42.6 Å². The van der Waals surface area contributed by atoms with Gasteiger partial charge in [0, 0.05) is 13.0 Å². The second-order valence-electron chi connectivity index (χ2n) is 3.20. The van der Waals surface area contributed by atoms with Crippen LogP contribution >= 0.6 is 0 Å². The van der Waals surface area contributed by atoms with Gasteiger partial charge in [0.05, 0.1) is 6.20 Å². The van der Waals surface area contributed by atoms with Crippen LogP contribution in [0.25, 0.3) is 5.65 Å². The number of hydrogen-bond donors (Lipinski definition) is 1. The van der Waals surface area contributed by atoms with Crippen molar-refractivity contribution in [2.45, 2.75) is 13.8 Å². The highest BCUT2D eigenvalue weighted by Gasteiger charge is 2.10. The summed E-state index contributed by atoms with van der Waals surface area (Å²) in [7, 11) is 0. The Morgan fingerprint density at radius 2 is 2.15 bits per heavy atom. The molecule has 0 aliphatic heterocycles. The lowest BCUT2D eigenvalue weighted by molar-refractivity contribution is -0.522. The van der Waals surface area contributed by atoms with Gasteiger partial charge in [0.2, 0.25) is 0 Å². The summed E-state index contributed by atoms with van der Waals surface area (Å²) >= 11 is 0. The molecular formula is C10H12N3+. The molecule has 0 aliphatic carbocycles. The Bertz CT molecular complexity index is 463. The van der Waals surface area contributed by atoms with E-state index in [1.165, 1.54) is 0 Å². The maximum absolute atomic E-state index is 5.81. The van der Waals surface area contributed by atoms with E-state index in [2.05, 4.69) is 4.98 Å². The van der Waals surface area contributed by atoms with Gasteiger partial charge < -0.3 is 5.73 Å². The van der Waals surface area contributed by atoms with Crippen molar-refractivity contribution in [3.63, 3.8) is 0 Å². The van der Waals surface area contributed by atoms with Crippen molar-refractivity contribution in [3.05, 3.63) is 35.8 Å². The molecule has 0 radical (unpaired) electrons. The zero-order chi connectivity index (χ0) is 9.42. The maximum Gasteiger partial charge on any atom is 0.351 e. The Balaban J connectivity index is 2.94. The lowest BCUT2D eigenvalue weighted by atomic mass is 10.3. The molecule has 0 unspecified atom stereocenters. The van der Waals surface area contributed by atoms with Gasteiger partial charge >= 0.3 is 5.65 Å². The van der Waals surface area contributed by atoms with Crippen LogP contribution in [0, 0.1) is 13.8 Å². The van der Waals surface area contributed by atoms with Gasteiger partial charge in [-0.25, -0.2) is 0 Å². The topological polar surface area (TPSA) is 43.0 Å². The van der Waals surface area contributed by atoms with Gasteiger partial charge in [-0.05, 0) is 24.0 Å². The third-order valence-electron chi connectivity index (χ3n) is 2.08. The standard InChI is InChI=1S/C10H12N3/c1-7-6-8(2)13-5-3-4-9(11)10(13)12-7/h3-6H,11H2,1-2H3/q+1. The van der Waals surface area contributed by atoms with Crippen LogP contribution in [0.1, 0.15) is 11.4 Å². The van der Waals surface area contributed by atoms with Gasteiger partial charge in [0.15, 0.2) is 5.69 Å². The van der Waals surface area contributed by atoms with Crippen LogP contribution in [-0.4, -0.2) is 4.98 Å². The summed E-state index contributed by atoms with van der Waals surface area (Å²) < 4.78 is 1.99. The van der Waals surface area contributed by atoms with Gasteiger partial charge in [-0.2, -0.15) is 4.40 Å². The zero-order valence-corrected chi connectivity index (χ0v) is 7.78. The molecule has 0 saturated heterocycles. The third kappa shape index (κ3) is 1.22. The molecule has 0 saturated carbocycles. The summed E-state index contributed by atoms with van der Waals surface area (Å²) in [6, 6.07) is 5.82. The first-order chi connectivity index (χ1) is 6.18. The summed E-state index contributed by atoms with van der Waals surface area (Å²) in [5.74, 6) is 0. The van der Waals surface area contributed by atoms with E-state index in [0.717, 1.165) is 17.0 Å². The molecule has 2 aromatic rings. The average Bonchev–Trinajstić information content (AvgIpc) is 2.07. The number of fused-ring (bicyclic) bond motifs is 1. The Morgan fingerprint density at radius 3 is 2.92 bits per heavy atom. The van der Waals surface area contributed by atoms with Crippen molar-refractivity contribution < 1.29 is 4.40 Å². The molecule has 3 nitrogen and oxygen atoms in total. The van der Waals surface area contributed by atoms with Crippen LogP contribution in [0.4, 0.5) is 5.69 Å². The SMILES string of the molecule is Cc1cc(C)[n+]2cccc(N)c2n1. The van der Waals surface area contributed by atoms with Gasteiger partial charge in [-0.1, -0.05) is 0 Å². The van der Waals surface area contributed by atoms with Crippen LogP contribution in [0.2, 0.25) is 0 Å². The number of nitrogen functional groups attached to an aromatic ring is 1. The summed E-state index contributed by atoms with van der Waals surface area (Å²) in [5.41, 5.74) is 9.50. The Kier molecular flexibility index (Phi) is 1.65. The minimum absolute atomic E-state index is 0.717. The van der Waals surface area contributed by atoms with Crippen LogP contribution in [0.5, 0.6) is 0 Å². The van der Waals surface area contributed by atoms with Gasteiger partial charge in [-0.15, -0.1) is 0 Å². The van der Waals surface area contributed by atoms with Gasteiger partial charge in [0.1, 0.15) is 11.4 Å². The predicted molar refractivity (Wildman–Crippen MR) is 51.3 cm³/mol. The van der Waals surface area contributed by atoms with E-state index in [0.29, 0.717) is 5.69 Å². The van der Waals surface area contributed by atoms with Crippen molar-refractivity contribution in [1.82, 2.24) is 4.98 Å². The van der Waals surface area contributed by atoms with Crippen molar-refractivity contribution in [1.29, 1.82) is 0 Å². The van der Waals surface area contributed by atoms with E-state index >= 15 is 0 Å². The number of nitrogens with zero attached hydrogens (tertiary/aromatic N) is 2. The van der Waals surface area contributed by atoms with Crippen molar-refractivity contribution in [2.75, 3.05) is 5.73 Å². The fourth-order valence-electron chi connectivity index (χ4n) is 1.49. The van der Waals surface area contributed by atoms with E-state index in [9.17, 15) is 0 Å². The normalized spacial score (nSPS) is 10.6. The molecule has 2 N–H and O–H groups in total. The molecule has 0 aromatic carbocycles. The van der Waals surface area contributed by atoms with Crippen LogP contribution in [0.3, 0.4) is 0 Å². The molecule has 0 bridgehead atoms. The summed E-state index contributed by atoms with van der Waals surface area (Å²) in [6.45, 7) is 4.01. The number of aromatic nitrogens is 2. The highest BCUT2D eigenvalue weighted by Crippen LogP contribution is 2.06. The summed E-state index contributed by atoms with van der Waals surface area (Å²) in [4.78, 5) is 4.37. The number of pyridine rings is 1. The highest BCUT2D eigenvalue weighted by atomic mass is 15.0. The van der Waals surface area contributed by atoms with Crippen molar-refractivity contribution in [2.24, 2.45) is 0 Å². The molecule has 2 aromatic heterocycles. The van der Waals surface area contributed by atoms with Crippen LogP contribution < -0.4 is 10.1 Å². The molecule has 66 valence electrons. The number of nitrogens with two attached hydrogens (primary N) is 1. The molecular weight excluding hydrogens is 162 g/mol. The molecule has 0 amide bonds. The first kappa shape index (κ1) is 7.98. The molecule has 0 spiro atoms. The number of anilines is 1. The monoisotopic (exact) mass is 174 g/mol. The lowest BCUT2D eigenvalue weighted by Crippen LogP contribution is -2.27. The maximum atomic E-state index is 5.81. The Hall–Kier alpha value is -1.64. The smallest absolute Gasteiger partial charge is 0.351 e. The van der Waals surface area contributed by atoms with E-state index < -0.39 is 0 Å². The Labute approximate surface area is 76.8 Å². The molecule has 2 heterocycles. The Morgan fingerprint density at radius 1 is 1.38 bits per heavy atom. The summed E-state index contributed by atoms with van der Waals surface area (Å²) in [6.07, 6.45) is 1.97. The highest BCUT2D eigenvalue weighted by molar-refractivity contribution is 5.59. The van der Waals surface area contributed by atoms with Crippen molar-refractivity contribution >= 4 is 11.3 Å².